The zero-order valence-electron chi connectivity index (χ0n) is 23.8. The average molecular weight is 542 g/mol. The van der Waals surface area contributed by atoms with Gasteiger partial charge in [-0.1, -0.05) is 42.5 Å². The molecule has 5 rings (SSSR count). The van der Waals surface area contributed by atoms with Crippen molar-refractivity contribution < 1.29 is 23.4 Å². The number of rotatable bonds is 3. The van der Waals surface area contributed by atoms with Crippen molar-refractivity contribution in [3.8, 4) is 11.8 Å². The van der Waals surface area contributed by atoms with Crippen LogP contribution >= 0.6 is 0 Å². The number of hydrogen-bond donors (Lipinski definition) is 2. The SMILES string of the molecule is CN(CC(F)(F)F)c1ccc([C@H]2C[C@@]3(C)[C@@H](CC[C@@]3(O)C#CC(C)(C)C)[C@@H]3CCC4=CC(O)CCC4=C32)cc1. The Morgan fingerprint density at radius 1 is 1.05 bits per heavy atom. The molecule has 4 aliphatic carbocycles. The van der Waals surface area contributed by atoms with Crippen molar-refractivity contribution >= 4 is 5.69 Å². The third kappa shape index (κ3) is 5.30. The Kier molecular flexibility index (Phi) is 7.04. The zero-order chi connectivity index (χ0) is 28.4. The molecule has 3 nitrogen and oxygen atoms in total. The smallest absolute Gasteiger partial charge is 0.389 e. The maximum Gasteiger partial charge on any atom is 0.405 e. The van der Waals surface area contributed by atoms with Crippen molar-refractivity contribution in [1.29, 1.82) is 0 Å². The van der Waals surface area contributed by atoms with E-state index in [9.17, 15) is 23.4 Å². The zero-order valence-corrected chi connectivity index (χ0v) is 23.8. The lowest BCUT2D eigenvalue weighted by Gasteiger charge is -2.54. The maximum atomic E-state index is 13.0. The molecule has 4 aliphatic rings. The normalized spacial score (nSPS) is 34.4. The van der Waals surface area contributed by atoms with Gasteiger partial charge in [0.1, 0.15) is 12.1 Å². The number of allylic oxidation sites excluding steroid dienone is 3. The van der Waals surface area contributed by atoms with Crippen LogP contribution in [0.1, 0.15) is 84.1 Å². The summed E-state index contributed by atoms with van der Waals surface area (Å²) >= 11 is 0. The molecule has 0 spiro atoms. The van der Waals surface area contributed by atoms with E-state index in [0.29, 0.717) is 30.4 Å². The fourth-order valence-corrected chi connectivity index (χ4v) is 7.90. The van der Waals surface area contributed by atoms with E-state index in [1.165, 1.54) is 28.7 Å². The first-order valence-corrected chi connectivity index (χ1v) is 14.4. The highest BCUT2D eigenvalue weighted by Crippen LogP contribution is 2.66. The van der Waals surface area contributed by atoms with Gasteiger partial charge in [-0.15, -0.1) is 0 Å². The second kappa shape index (κ2) is 9.70. The van der Waals surface area contributed by atoms with Crippen molar-refractivity contribution in [1.82, 2.24) is 0 Å². The summed E-state index contributed by atoms with van der Waals surface area (Å²) in [5, 5.41) is 22.5. The minimum absolute atomic E-state index is 0.0493. The van der Waals surface area contributed by atoms with Gasteiger partial charge >= 0.3 is 6.18 Å². The van der Waals surface area contributed by atoms with Crippen LogP contribution in [0.3, 0.4) is 0 Å². The number of fused-ring (bicyclic) bond motifs is 4. The summed E-state index contributed by atoms with van der Waals surface area (Å²) in [6.07, 6.45) is 3.19. The number of nitrogens with zero attached hydrogens (tertiary/aromatic N) is 1. The Morgan fingerprint density at radius 3 is 2.38 bits per heavy atom. The van der Waals surface area contributed by atoms with Gasteiger partial charge in [-0.2, -0.15) is 13.2 Å². The molecule has 0 bridgehead atoms. The van der Waals surface area contributed by atoms with E-state index in [0.717, 1.165) is 37.7 Å². The lowest BCUT2D eigenvalue weighted by molar-refractivity contribution is -0.119. The molecule has 0 heterocycles. The van der Waals surface area contributed by atoms with Gasteiger partial charge in [0.05, 0.1) is 6.10 Å². The molecule has 0 saturated heterocycles. The number of aliphatic hydroxyl groups is 2. The lowest BCUT2D eigenvalue weighted by atomic mass is 9.51. The first kappa shape index (κ1) is 28.3. The second-order valence-electron chi connectivity index (χ2n) is 13.6. The number of aliphatic hydroxyl groups excluding tert-OH is 1. The highest BCUT2D eigenvalue weighted by atomic mass is 19.4. The fourth-order valence-electron chi connectivity index (χ4n) is 7.90. The molecule has 212 valence electrons. The minimum atomic E-state index is -4.27. The average Bonchev–Trinajstić information content (AvgIpc) is 3.11. The fraction of sp³-hybridized carbons (Fsp3) is 0.636. The molecular weight excluding hydrogens is 499 g/mol. The Bertz CT molecular complexity index is 1230. The summed E-state index contributed by atoms with van der Waals surface area (Å²) in [6, 6.07) is 7.54. The Balaban J connectivity index is 1.58. The van der Waals surface area contributed by atoms with Crippen LogP contribution in [0.25, 0.3) is 0 Å². The molecule has 0 radical (unpaired) electrons. The monoisotopic (exact) mass is 541 g/mol. The van der Waals surface area contributed by atoms with Crippen molar-refractivity contribution in [3.05, 3.63) is 52.6 Å². The number of hydrogen-bond acceptors (Lipinski definition) is 3. The van der Waals surface area contributed by atoms with Gasteiger partial charge in [-0.25, -0.2) is 0 Å². The van der Waals surface area contributed by atoms with E-state index in [1.54, 1.807) is 12.1 Å². The van der Waals surface area contributed by atoms with Gasteiger partial charge in [-0.05, 0) is 106 Å². The van der Waals surface area contributed by atoms with Gasteiger partial charge in [-0.3, -0.25) is 0 Å². The van der Waals surface area contributed by atoms with Crippen molar-refractivity contribution in [2.45, 2.75) is 96.4 Å². The first-order valence-electron chi connectivity index (χ1n) is 14.4. The molecule has 39 heavy (non-hydrogen) atoms. The number of anilines is 1. The lowest BCUT2D eigenvalue weighted by Crippen LogP contribution is -2.51. The summed E-state index contributed by atoms with van der Waals surface area (Å²) in [5.41, 5.74) is 3.99. The predicted octanol–water partition coefficient (Wildman–Crippen LogP) is 7.16. The van der Waals surface area contributed by atoms with Crippen LogP contribution in [0.4, 0.5) is 18.9 Å². The maximum absolute atomic E-state index is 13.0. The van der Waals surface area contributed by atoms with Crippen LogP contribution in [0.5, 0.6) is 0 Å². The quantitative estimate of drug-likeness (QED) is 0.399. The molecule has 1 aromatic rings. The third-order valence-electron chi connectivity index (χ3n) is 9.81. The molecule has 6 atom stereocenters. The molecule has 2 N–H and O–H groups in total. The van der Waals surface area contributed by atoms with Gasteiger partial charge < -0.3 is 15.1 Å². The standard InChI is InChI=1S/C33H42F3NO2/c1-30(2,3)16-17-32(39)15-14-28-26-12-8-22-18-24(38)11-13-25(22)29(26)27(19-31(28,32)4)21-6-9-23(10-7-21)37(5)20-33(34,35)36/h6-7,9-10,18,24,26-28,38-39H,8,11-15,19-20H2,1-5H3/t24?,26-,27+,28-,31-,32+/m0/s1. The summed E-state index contributed by atoms with van der Waals surface area (Å²) in [5.74, 6) is 7.37. The minimum Gasteiger partial charge on any atom is -0.389 e. The number of alkyl halides is 3. The number of halogens is 3. The molecule has 1 unspecified atom stereocenters. The van der Waals surface area contributed by atoms with Gasteiger partial charge in [0.15, 0.2) is 0 Å². The molecule has 1 aromatic carbocycles. The van der Waals surface area contributed by atoms with Crippen LogP contribution < -0.4 is 4.90 Å². The molecule has 6 heteroatoms. The highest BCUT2D eigenvalue weighted by Gasteiger charge is 2.62. The van der Waals surface area contributed by atoms with Crippen LogP contribution in [0, 0.1) is 34.5 Å². The van der Waals surface area contributed by atoms with Crippen molar-refractivity contribution in [2.24, 2.45) is 22.7 Å². The first-order chi connectivity index (χ1) is 18.1. The van der Waals surface area contributed by atoms with Crippen LogP contribution in [0.15, 0.2) is 47.1 Å². The number of benzene rings is 1. The van der Waals surface area contributed by atoms with Gasteiger partial charge in [0.2, 0.25) is 0 Å². The van der Waals surface area contributed by atoms with Crippen molar-refractivity contribution in [3.63, 3.8) is 0 Å². The van der Waals surface area contributed by atoms with E-state index in [1.807, 2.05) is 18.2 Å². The van der Waals surface area contributed by atoms with E-state index in [2.05, 4.69) is 39.5 Å². The van der Waals surface area contributed by atoms with E-state index in [4.69, 9.17) is 0 Å². The van der Waals surface area contributed by atoms with Crippen LogP contribution in [-0.2, 0) is 0 Å². The molecular formula is C33H42F3NO2. The summed E-state index contributed by atoms with van der Waals surface area (Å²) in [6.45, 7) is 7.41. The Labute approximate surface area is 231 Å². The largest absolute Gasteiger partial charge is 0.405 e. The van der Waals surface area contributed by atoms with Gasteiger partial charge in [0, 0.05) is 29.5 Å². The van der Waals surface area contributed by atoms with Crippen LogP contribution in [-0.4, -0.2) is 41.7 Å². The molecule has 0 aliphatic heterocycles. The Hall–Kier alpha value is -2.23. The van der Waals surface area contributed by atoms with E-state index < -0.39 is 29.8 Å². The predicted molar refractivity (Wildman–Crippen MR) is 149 cm³/mol. The van der Waals surface area contributed by atoms with Gasteiger partial charge in [0.25, 0.3) is 0 Å². The Morgan fingerprint density at radius 2 is 1.74 bits per heavy atom. The van der Waals surface area contributed by atoms with E-state index >= 15 is 0 Å². The topological polar surface area (TPSA) is 43.7 Å². The highest BCUT2D eigenvalue weighted by molar-refractivity contribution is 5.53. The summed E-state index contributed by atoms with van der Waals surface area (Å²) in [7, 11) is 1.47. The molecule has 2 saturated carbocycles. The van der Waals surface area contributed by atoms with E-state index in [-0.39, 0.29) is 11.3 Å². The molecule has 2 fully saturated rings. The van der Waals surface area contributed by atoms with Crippen molar-refractivity contribution in [2.75, 3.05) is 18.5 Å². The molecule has 0 aromatic heterocycles. The van der Waals surface area contributed by atoms with Crippen LogP contribution in [0.2, 0.25) is 0 Å². The summed E-state index contributed by atoms with van der Waals surface area (Å²) < 4.78 is 39.0. The summed E-state index contributed by atoms with van der Waals surface area (Å²) in [4.78, 5) is 1.23. The second-order valence-corrected chi connectivity index (χ2v) is 13.6. The molecule has 0 amide bonds. The third-order valence-corrected chi connectivity index (χ3v) is 9.81.